The molecule has 0 fully saturated rings. The van der Waals surface area contributed by atoms with Gasteiger partial charge in [0, 0.05) is 0 Å². The number of isothiocyanates is 2. The molecule has 0 N–H and O–H groups in total. The van der Waals surface area contributed by atoms with Gasteiger partial charge in [-0.15, -0.1) is 0 Å². The predicted molar refractivity (Wildman–Crippen MR) is 64.9 cm³/mol. The van der Waals surface area contributed by atoms with E-state index >= 15 is 0 Å². The summed E-state index contributed by atoms with van der Waals surface area (Å²) in [5.41, 5.74) is 1.74. The topological polar surface area (TPSA) is 24.7 Å². The van der Waals surface area contributed by atoms with Crippen LogP contribution in [0.4, 0.5) is 0 Å². The van der Waals surface area contributed by atoms with Crippen molar-refractivity contribution in [3.8, 4) is 0 Å². The molecule has 1 aliphatic carbocycles. The minimum Gasteiger partial charge on any atom is -0.221 e. The van der Waals surface area contributed by atoms with Gasteiger partial charge in [-0.3, -0.25) is 0 Å². The molecule has 1 atom stereocenters. The summed E-state index contributed by atoms with van der Waals surface area (Å²) in [7, 11) is 0. The maximum absolute atomic E-state index is 4.60. The van der Waals surface area contributed by atoms with E-state index in [-0.39, 0.29) is 5.54 Å². The van der Waals surface area contributed by atoms with Crippen molar-refractivity contribution in [3.63, 3.8) is 0 Å². The number of thiocarbonyl (C=S) groups is 2. The highest BCUT2D eigenvalue weighted by molar-refractivity contribution is 7.78. The minimum absolute atomic E-state index is 0.272. The van der Waals surface area contributed by atoms with Crippen molar-refractivity contribution in [2.24, 2.45) is 9.98 Å². The lowest BCUT2D eigenvalue weighted by atomic mass is 9.88. The molecule has 0 aromatic heterocycles. The highest BCUT2D eigenvalue weighted by Gasteiger charge is 2.24. The Labute approximate surface area is 94.1 Å². The first kappa shape index (κ1) is 11.2. The van der Waals surface area contributed by atoms with Gasteiger partial charge in [0.25, 0.3) is 0 Å². The first-order chi connectivity index (χ1) is 6.61. The minimum atomic E-state index is -0.272. The molecule has 0 bridgehead atoms. The fraction of sp³-hybridized carbons (Fsp3) is 0.400. The van der Waals surface area contributed by atoms with E-state index in [1.807, 2.05) is 26.0 Å². The van der Waals surface area contributed by atoms with Crippen LogP contribution in [0.2, 0.25) is 0 Å². The van der Waals surface area contributed by atoms with Crippen molar-refractivity contribution in [3.05, 3.63) is 23.4 Å². The molecule has 4 heteroatoms. The van der Waals surface area contributed by atoms with Crippen LogP contribution in [0.15, 0.2) is 33.4 Å². The molecule has 0 saturated heterocycles. The molecule has 0 aromatic rings. The molecule has 0 aliphatic heterocycles. The van der Waals surface area contributed by atoms with Crippen molar-refractivity contribution in [2.45, 2.75) is 25.8 Å². The lowest BCUT2D eigenvalue weighted by Gasteiger charge is -2.24. The number of rotatable bonds is 2. The second-order valence-electron chi connectivity index (χ2n) is 3.44. The Balaban J connectivity index is 3.01. The number of aliphatic imine (C=N–C) groups is 2. The summed E-state index contributed by atoms with van der Waals surface area (Å²) in [6.45, 7) is 4.01. The fourth-order valence-corrected chi connectivity index (χ4v) is 1.76. The predicted octanol–water partition coefficient (Wildman–Crippen LogP) is 3.18. The van der Waals surface area contributed by atoms with Gasteiger partial charge < -0.3 is 0 Å². The van der Waals surface area contributed by atoms with Gasteiger partial charge in [-0.25, -0.2) is 4.99 Å². The third-order valence-electron chi connectivity index (χ3n) is 2.13. The smallest absolute Gasteiger partial charge is 0.0903 e. The molecule has 1 rings (SSSR count). The summed E-state index contributed by atoms with van der Waals surface area (Å²) in [5.74, 6) is 0. The molecule has 1 aliphatic rings. The second-order valence-corrected chi connectivity index (χ2v) is 3.80. The molecule has 0 amide bonds. The lowest BCUT2D eigenvalue weighted by molar-refractivity contribution is 0.575. The molecule has 2 nitrogen and oxygen atoms in total. The summed E-state index contributed by atoms with van der Waals surface area (Å²) in [6.07, 6.45) is 4.65. The SMILES string of the molecule is CC1=C(N=C=S)C=CC(C)(N=C=S)C1. The van der Waals surface area contributed by atoms with Gasteiger partial charge in [0.05, 0.1) is 21.6 Å². The Morgan fingerprint density at radius 3 is 2.64 bits per heavy atom. The van der Waals surface area contributed by atoms with Crippen molar-refractivity contribution in [1.29, 1.82) is 0 Å². The highest BCUT2D eigenvalue weighted by atomic mass is 32.1. The normalized spacial score (nSPS) is 25.3. The van der Waals surface area contributed by atoms with Crippen LogP contribution in [0.3, 0.4) is 0 Å². The summed E-state index contributed by atoms with van der Waals surface area (Å²) in [6, 6.07) is 0. The van der Waals surface area contributed by atoms with Crippen LogP contribution < -0.4 is 0 Å². The van der Waals surface area contributed by atoms with Gasteiger partial charge >= 0.3 is 0 Å². The summed E-state index contributed by atoms with van der Waals surface area (Å²) in [4.78, 5) is 8.08. The zero-order chi connectivity index (χ0) is 10.6. The maximum Gasteiger partial charge on any atom is 0.0903 e. The van der Waals surface area contributed by atoms with E-state index in [4.69, 9.17) is 0 Å². The van der Waals surface area contributed by atoms with Crippen LogP contribution in [0.1, 0.15) is 20.3 Å². The molecular weight excluding hydrogens is 212 g/mol. The first-order valence-corrected chi connectivity index (χ1v) is 4.99. The molecule has 0 aromatic carbocycles. The Bertz CT molecular complexity index is 396. The second kappa shape index (κ2) is 4.54. The quantitative estimate of drug-likeness (QED) is 0.529. The van der Waals surface area contributed by atoms with Gasteiger partial charge in [0.15, 0.2) is 0 Å². The molecule has 0 radical (unpaired) electrons. The number of hydrogen-bond acceptors (Lipinski definition) is 4. The van der Waals surface area contributed by atoms with E-state index in [1.165, 1.54) is 0 Å². The van der Waals surface area contributed by atoms with Crippen LogP contribution >= 0.6 is 24.4 Å². The van der Waals surface area contributed by atoms with Crippen molar-refractivity contribution < 1.29 is 0 Å². The molecular formula is C10H10N2S2. The highest BCUT2D eigenvalue weighted by Crippen LogP contribution is 2.29. The molecule has 14 heavy (non-hydrogen) atoms. The average molecular weight is 222 g/mol. The van der Waals surface area contributed by atoms with Gasteiger partial charge in [-0.2, -0.15) is 4.99 Å². The third kappa shape index (κ3) is 2.53. The Kier molecular flexibility index (Phi) is 3.62. The molecule has 1 unspecified atom stereocenters. The summed E-state index contributed by atoms with van der Waals surface area (Å²) in [5, 5.41) is 4.77. The number of nitrogens with zero attached hydrogens (tertiary/aromatic N) is 2. The van der Waals surface area contributed by atoms with E-state index in [1.54, 1.807) is 0 Å². The maximum atomic E-state index is 4.60. The molecule has 0 heterocycles. The van der Waals surface area contributed by atoms with Gasteiger partial charge in [-0.1, -0.05) is 6.08 Å². The van der Waals surface area contributed by atoms with Crippen molar-refractivity contribution >= 4 is 34.8 Å². The van der Waals surface area contributed by atoms with Gasteiger partial charge in [-0.05, 0) is 56.4 Å². The Hall–Kier alpha value is -0.920. The Morgan fingerprint density at radius 1 is 1.43 bits per heavy atom. The Morgan fingerprint density at radius 2 is 2.14 bits per heavy atom. The van der Waals surface area contributed by atoms with Gasteiger partial charge in [0.2, 0.25) is 0 Å². The van der Waals surface area contributed by atoms with E-state index in [9.17, 15) is 0 Å². The third-order valence-corrected chi connectivity index (χ3v) is 2.31. The van der Waals surface area contributed by atoms with E-state index in [0.717, 1.165) is 17.7 Å². The van der Waals surface area contributed by atoms with Crippen LogP contribution in [0.25, 0.3) is 0 Å². The lowest BCUT2D eigenvalue weighted by Crippen LogP contribution is -2.21. The first-order valence-electron chi connectivity index (χ1n) is 4.17. The van der Waals surface area contributed by atoms with E-state index < -0.39 is 0 Å². The standard InChI is InChI=1S/C10H10N2S2/c1-8-5-10(2,12-7-14)4-3-9(8)11-6-13/h3-4H,5H2,1-2H3. The monoisotopic (exact) mass is 222 g/mol. The van der Waals surface area contributed by atoms with Crippen molar-refractivity contribution in [1.82, 2.24) is 0 Å². The van der Waals surface area contributed by atoms with Crippen LogP contribution in [-0.4, -0.2) is 15.9 Å². The van der Waals surface area contributed by atoms with Crippen LogP contribution in [-0.2, 0) is 0 Å². The van der Waals surface area contributed by atoms with Crippen LogP contribution in [0, 0.1) is 0 Å². The number of hydrogen-bond donors (Lipinski definition) is 0. The fourth-order valence-electron chi connectivity index (χ4n) is 1.45. The zero-order valence-electron chi connectivity index (χ0n) is 8.07. The van der Waals surface area contributed by atoms with E-state index in [2.05, 4.69) is 44.7 Å². The molecule has 0 spiro atoms. The summed E-state index contributed by atoms with van der Waals surface area (Å²) < 4.78 is 0. The summed E-state index contributed by atoms with van der Waals surface area (Å²) >= 11 is 9.16. The van der Waals surface area contributed by atoms with E-state index in [0.29, 0.717) is 0 Å². The zero-order valence-corrected chi connectivity index (χ0v) is 9.71. The largest absolute Gasteiger partial charge is 0.221 e. The number of allylic oxidation sites excluding steroid dienone is 1. The van der Waals surface area contributed by atoms with Gasteiger partial charge in [0.1, 0.15) is 0 Å². The molecule has 72 valence electrons. The van der Waals surface area contributed by atoms with Crippen molar-refractivity contribution in [2.75, 3.05) is 0 Å². The average Bonchev–Trinajstić information content (AvgIpc) is 2.10. The van der Waals surface area contributed by atoms with Crippen LogP contribution in [0.5, 0.6) is 0 Å². The molecule has 0 saturated carbocycles.